The van der Waals surface area contributed by atoms with Crippen LogP contribution in [-0.2, 0) is 25.9 Å². The predicted octanol–water partition coefficient (Wildman–Crippen LogP) is 2.99. The van der Waals surface area contributed by atoms with Gasteiger partial charge < -0.3 is 15.0 Å². The van der Waals surface area contributed by atoms with Crippen LogP contribution in [0.15, 0.2) is 29.6 Å². The van der Waals surface area contributed by atoms with Crippen LogP contribution in [0.25, 0.3) is 0 Å². The van der Waals surface area contributed by atoms with E-state index in [4.69, 9.17) is 9.84 Å². The normalized spacial score (nSPS) is 15.3. The maximum absolute atomic E-state index is 13.0. The number of carbonyl (C=O) groups excluding carboxylic acids is 2. The van der Waals surface area contributed by atoms with Gasteiger partial charge in [-0.2, -0.15) is 5.10 Å². The van der Waals surface area contributed by atoms with E-state index in [2.05, 4.69) is 10.3 Å². The predicted molar refractivity (Wildman–Crippen MR) is 125 cm³/mol. The molecule has 0 spiro atoms. The first-order valence-electron chi connectivity index (χ1n) is 11.3. The van der Waals surface area contributed by atoms with Gasteiger partial charge in [-0.05, 0) is 43.9 Å². The molecule has 1 fully saturated rings. The van der Waals surface area contributed by atoms with Gasteiger partial charge in [-0.3, -0.25) is 14.3 Å². The molecule has 8 nitrogen and oxygen atoms in total. The summed E-state index contributed by atoms with van der Waals surface area (Å²) in [4.78, 5) is 32.1. The molecule has 1 aliphatic heterocycles. The standard InChI is InChI=1S/C24H27N5O3S/c1-15-25-20(14-33-15)24(31)28-11-10-21-19(13-28)22(23(30)26-17-5-6-17)27-29(21)12-9-16-3-7-18(32-2)8-4-16/h3-4,7-8,14,17H,5-6,9-13H2,1-2H3,(H,26,30). The molecule has 2 amide bonds. The van der Waals surface area contributed by atoms with Crippen LogP contribution in [0.5, 0.6) is 5.75 Å². The first-order valence-corrected chi connectivity index (χ1v) is 12.1. The van der Waals surface area contributed by atoms with E-state index in [-0.39, 0.29) is 17.9 Å². The molecule has 3 aromatic rings. The molecule has 0 radical (unpaired) electrons. The minimum Gasteiger partial charge on any atom is -0.497 e. The Hall–Kier alpha value is -3.20. The zero-order chi connectivity index (χ0) is 22.9. The van der Waals surface area contributed by atoms with Crippen molar-refractivity contribution in [1.82, 2.24) is 25.0 Å². The second kappa shape index (κ2) is 8.97. The molecule has 1 aromatic carbocycles. The number of hydrogen-bond acceptors (Lipinski definition) is 6. The van der Waals surface area contributed by atoms with Crippen LogP contribution in [0.3, 0.4) is 0 Å². The molecule has 33 heavy (non-hydrogen) atoms. The first-order chi connectivity index (χ1) is 16.0. The summed E-state index contributed by atoms with van der Waals surface area (Å²) in [6, 6.07) is 8.24. The van der Waals surface area contributed by atoms with E-state index in [9.17, 15) is 9.59 Å². The fraction of sp³-hybridized carbons (Fsp3) is 0.417. The third-order valence-electron chi connectivity index (χ3n) is 6.16. The summed E-state index contributed by atoms with van der Waals surface area (Å²) in [5, 5.41) is 10.4. The summed E-state index contributed by atoms with van der Waals surface area (Å²) in [6.07, 6.45) is 3.48. The van der Waals surface area contributed by atoms with Crippen molar-refractivity contribution < 1.29 is 14.3 Å². The Bertz CT molecular complexity index is 1180. The Morgan fingerprint density at radius 2 is 2.03 bits per heavy atom. The highest BCUT2D eigenvalue weighted by Gasteiger charge is 2.33. The van der Waals surface area contributed by atoms with Crippen molar-refractivity contribution in [3.8, 4) is 5.75 Å². The van der Waals surface area contributed by atoms with E-state index in [0.717, 1.165) is 41.3 Å². The van der Waals surface area contributed by atoms with Gasteiger partial charge in [-0.25, -0.2) is 4.98 Å². The molecule has 2 aromatic heterocycles. The molecule has 0 bridgehead atoms. The van der Waals surface area contributed by atoms with E-state index in [1.807, 2.05) is 35.9 Å². The number of rotatable bonds is 7. The fourth-order valence-corrected chi connectivity index (χ4v) is 4.75. The summed E-state index contributed by atoms with van der Waals surface area (Å²) in [5.74, 6) is 0.592. The van der Waals surface area contributed by atoms with Gasteiger partial charge in [-0.15, -0.1) is 11.3 Å². The Morgan fingerprint density at radius 1 is 1.24 bits per heavy atom. The van der Waals surface area contributed by atoms with Gasteiger partial charge in [0.25, 0.3) is 11.8 Å². The minimum absolute atomic E-state index is 0.0930. The van der Waals surface area contributed by atoms with Crippen molar-refractivity contribution in [2.45, 2.75) is 51.7 Å². The van der Waals surface area contributed by atoms with Gasteiger partial charge in [0.1, 0.15) is 11.4 Å². The van der Waals surface area contributed by atoms with Crippen LogP contribution in [0.2, 0.25) is 0 Å². The molecule has 9 heteroatoms. The van der Waals surface area contributed by atoms with Crippen molar-refractivity contribution in [3.63, 3.8) is 0 Å². The number of hydrogen-bond donors (Lipinski definition) is 1. The number of amides is 2. The number of fused-ring (bicyclic) bond motifs is 1. The maximum atomic E-state index is 13.0. The number of methoxy groups -OCH3 is 1. The molecule has 172 valence electrons. The SMILES string of the molecule is COc1ccc(CCn2nc(C(=O)NC3CC3)c3c2CCN(C(=O)c2csc(C)n2)C3)cc1. The number of aromatic nitrogens is 3. The van der Waals surface area contributed by atoms with Crippen molar-refractivity contribution in [1.29, 1.82) is 0 Å². The molecule has 1 aliphatic carbocycles. The fourth-order valence-electron chi connectivity index (χ4n) is 4.16. The van der Waals surface area contributed by atoms with Crippen LogP contribution in [-0.4, -0.2) is 51.2 Å². The lowest BCUT2D eigenvalue weighted by molar-refractivity contribution is 0.0725. The smallest absolute Gasteiger partial charge is 0.273 e. The second-order valence-corrected chi connectivity index (χ2v) is 9.63. The molecule has 2 aliphatic rings. The lowest BCUT2D eigenvalue weighted by atomic mass is 10.0. The number of benzene rings is 1. The molecule has 0 atom stereocenters. The monoisotopic (exact) mass is 465 g/mol. The molecule has 3 heterocycles. The van der Waals surface area contributed by atoms with E-state index < -0.39 is 0 Å². The average molecular weight is 466 g/mol. The summed E-state index contributed by atoms with van der Waals surface area (Å²) < 4.78 is 7.19. The van der Waals surface area contributed by atoms with E-state index in [0.29, 0.717) is 37.4 Å². The number of carbonyl (C=O) groups is 2. The van der Waals surface area contributed by atoms with Gasteiger partial charge in [0, 0.05) is 42.2 Å². The van der Waals surface area contributed by atoms with Gasteiger partial charge >= 0.3 is 0 Å². The highest BCUT2D eigenvalue weighted by molar-refractivity contribution is 7.09. The Balaban J connectivity index is 1.38. The number of nitrogens with zero attached hydrogens (tertiary/aromatic N) is 4. The summed E-state index contributed by atoms with van der Waals surface area (Å²) >= 11 is 1.47. The van der Waals surface area contributed by atoms with Crippen LogP contribution in [0, 0.1) is 6.92 Å². The topological polar surface area (TPSA) is 89.4 Å². The number of nitrogens with one attached hydrogen (secondary N) is 1. The van der Waals surface area contributed by atoms with Crippen LogP contribution >= 0.6 is 11.3 Å². The highest BCUT2D eigenvalue weighted by atomic mass is 32.1. The zero-order valence-corrected chi connectivity index (χ0v) is 19.7. The molecule has 1 saturated carbocycles. The number of aryl methyl sites for hydroxylation is 3. The van der Waals surface area contributed by atoms with Gasteiger partial charge in [0.2, 0.25) is 0 Å². The summed E-state index contributed by atoms with van der Waals surface area (Å²) in [5.41, 5.74) is 3.99. The molecule has 1 N–H and O–H groups in total. The average Bonchev–Trinajstić information content (AvgIpc) is 3.42. The molecule has 5 rings (SSSR count). The molecular weight excluding hydrogens is 438 g/mol. The maximum Gasteiger partial charge on any atom is 0.273 e. The summed E-state index contributed by atoms with van der Waals surface area (Å²) in [7, 11) is 1.66. The highest BCUT2D eigenvalue weighted by Crippen LogP contribution is 2.26. The van der Waals surface area contributed by atoms with Crippen molar-refractivity contribution in [3.05, 3.63) is 62.9 Å². The number of thiazole rings is 1. The first kappa shape index (κ1) is 21.6. The largest absolute Gasteiger partial charge is 0.497 e. The van der Waals surface area contributed by atoms with E-state index in [1.165, 1.54) is 16.9 Å². The van der Waals surface area contributed by atoms with Gasteiger partial charge in [-0.1, -0.05) is 12.1 Å². The Kier molecular flexibility index (Phi) is 5.88. The van der Waals surface area contributed by atoms with Crippen molar-refractivity contribution in [2.75, 3.05) is 13.7 Å². The third kappa shape index (κ3) is 4.64. The van der Waals surface area contributed by atoms with Crippen LogP contribution in [0.4, 0.5) is 0 Å². The Labute approximate surface area is 196 Å². The van der Waals surface area contributed by atoms with E-state index in [1.54, 1.807) is 17.4 Å². The quantitative estimate of drug-likeness (QED) is 0.580. The molecule has 0 unspecified atom stereocenters. The minimum atomic E-state index is -0.143. The van der Waals surface area contributed by atoms with Crippen molar-refractivity contribution >= 4 is 23.2 Å². The van der Waals surface area contributed by atoms with Gasteiger partial charge in [0.05, 0.1) is 18.7 Å². The van der Waals surface area contributed by atoms with E-state index >= 15 is 0 Å². The third-order valence-corrected chi connectivity index (χ3v) is 6.93. The lowest BCUT2D eigenvalue weighted by Crippen LogP contribution is -2.37. The Morgan fingerprint density at radius 3 is 2.70 bits per heavy atom. The molecule has 0 saturated heterocycles. The van der Waals surface area contributed by atoms with Crippen LogP contribution in [0.1, 0.15) is 55.6 Å². The molecular formula is C24H27N5O3S. The van der Waals surface area contributed by atoms with Crippen molar-refractivity contribution in [2.24, 2.45) is 0 Å². The summed E-state index contributed by atoms with van der Waals surface area (Å²) in [6.45, 7) is 3.52. The lowest BCUT2D eigenvalue weighted by Gasteiger charge is -2.27. The number of ether oxygens (including phenoxy) is 1. The second-order valence-electron chi connectivity index (χ2n) is 8.57. The zero-order valence-electron chi connectivity index (χ0n) is 18.8. The van der Waals surface area contributed by atoms with Crippen LogP contribution < -0.4 is 10.1 Å². The van der Waals surface area contributed by atoms with Gasteiger partial charge in [0.15, 0.2) is 5.69 Å².